The predicted molar refractivity (Wildman–Crippen MR) is 70.4 cm³/mol. The van der Waals surface area contributed by atoms with Gasteiger partial charge in [0, 0.05) is 13.6 Å². The summed E-state index contributed by atoms with van der Waals surface area (Å²) in [5.74, 6) is -1.06. The van der Waals surface area contributed by atoms with Crippen molar-refractivity contribution in [2.24, 2.45) is 0 Å². The molecule has 2 rings (SSSR count). The fourth-order valence-electron chi connectivity index (χ4n) is 2.96. The van der Waals surface area contributed by atoms with E-state index in [1.807, 2.05) is 0 Å². The molecular weight excluding hydrogens is 264 g/mol. The van der Waals surface area contributed by atoms with Gasteiger partial charge in [0.15, 0.2) is 6.04 Å². The van der Waals surface area contributed by atoms with Crippen molar-refractivity contribution in [2.75, 3.05) is 33.4 Å². The zero-order chi connectivity index (χ0) is 14.8. The SMILES string of the molecule is CN(CC1(O)CCCC1)C(=O)N1CCOCC1C(=O)O. The van der Waals surface area contributed by atoms with Crippen LogP contribution in [0.25, 0.3) is 0 Å². The van der Waals surface area contributed by atoms with Crippen LogP contribution in [0.15, 0.2) is 0 Å². The Morgan fingerprint density at radius 1 is 1.40 bits per heavy atom. The average Bonchev–Trinajstić information content (AvgIpc) is 2.84. The van der Waals surface area contributed by atoms with Crippen LogP contribution >= 0.6 is 0 Å². The van der Waals surface area contributed by atoms with Crippen molar-refractivity contribution in [3.63, 3.8) is 0 Å². The van der Waals surface area contributed by atoms with Crippen LogP contribution in [-0.2, 0) is 9.53 Å². The van der Waals surface area contributed by atoms with Gasteiger partial charge >= 0.3 is 12.0 Å². The fourth-order valence-corrected chi connectivity index (χ4v) is 2.96. The Balaban J connectivity index is 1.99. The molecule has 0 radical (unpaired) electrons. The van der Waals surface area contributed by atoms with E-state index in [9.17, 15) is 14.7 Å². The molecule has 0 aromatic rings. The highest BCUT2D eigenvalue weighted by Gasteiger charge is 2.38. The maximum atomic E-state index is 12.4. The Bertz CT molecular complexity index is 381. The zero-order valence-corrected chi connectivity index (χ0v) is 11.7. The van der Waals surface area contributed by atoms with Crippen molar-refractivity contribution < 1.29 is 24.5 Å². The fraction of sp³-hybridized carbons (Fsp3) is 0.846. The predicted octanol–water partition coefficient (Wildman–Crippen LogP) is 0.129. The lowest BCUT2D eigenvalue weighted by atomic mass is 10.0. The van der Waals surface area contributed by atoms with Gasteiger partial charge in [-0.1, -0.05) is 12.8 Å². The zero-order valence-electron chi connectivity index (χ0n) is 11.7. The van der Waals surface area contributed by atoms with E-state index in [1.54, 1.807) is 7.05 Å². The quantitative estimate of drug-likeness (QED) is 0.769. The molecule has 114 valence electrons. The number of carboxylic acids is 1. The molecule has 2 N–H and O–H groups in total. The second kappa shape index (κ2) is 5.97. The van der Waals surface area contributed by atoms with E-state index >= 15 is 0 Å². The van der Waals surface area contributed by atoms with E-state index in [4.69, 9.17) is 9.84 Å². The highest BCUT2D eigenvalue weighted by atomic mass is 16.5. The van der Waals surface area contributed by atoms with Crippen LogP contribution in [0.2, 0.25) is 0 Å². The Labute approximate surface area is 118 Å². The summed E-state index contributed by atoms with van der Waals surface area (Å²) in [6, 6.07) is -1.31. The highest BCUT2D eigenvalue weighted by Crippen LogP contribution is 2.30. The van der Waals surface area contributed by atoms with Gasteiger partial charge in [-0.2, -0.15) is 0 Å². The summed E-state index contributed by atoms with van der Waals surface area (Å²) in [7, 11) is 1.60. The minimum Gasteiger partial charge on any atom is -0.480 e. The number of aliphatic carboxylic acids is 1. The number of hydrogen-bond donors (Lipinski definition) is 2. The van der Waals surface area contributed by atoms with Gasteiger partial charge in [0.2, 0.25) is 0 Å². The molecule has 1 unspecified atom stereocenters. The average molecular weight is 286 g/mol. The van der Waals surface area contributed by atoms with Gasteiger partial charge in [0.1, 0.15) is 0 Å². The summed E-state index contributed by atoms with van der Waals surface area (Å²) < 4.78 is 5.11. The molecule has 0 spiro atoms. The van der Waals surface area contributed by atoms with Gasteiger partial charge in [-0.15, -0.1) is 0 Å². The minimum atomic E-state index is -1.06. The summed E-state index contributed by atoms with van der Waals surface area (Å²) in [6.07, 6.45) is 3.31. The van der Waals surface area contributed by atoms with Crippen molar-refractivity contribution >= 4 is 12.0 Å². The lowest BCUT2D eigenvalue weighted by molar-refractivity contribution is -0.147. The largest absolute Gasteiger partial charge is 0.480 e. The summed E-state index contributed by atoms with van der Waals surface area (Å²) in [5.41, 5.74) is -0.824. The Morgan fingerprint density at radius 2 is 2.05 bits per heavy atom. The highest BCUT2D eigenvalue weighted by molar-refractivity contribution is 5.83. The van der Waals surface area contributed by atoms with E-state index in [0.29, 0.717) is 19.4 Å². The summed E-state index contributed by atoms with van der Waals surface area (Å²) in [6.45, 7) is 0.862. The first-order chi connectivity index (χ1) is 9.43. The van der Waals surface area contributed by atoms with Crippen LogP contribution in [0.3, 0.4) is 0 Å². The molecule has 2 aliphatic rings. The third kappa shape index (κ3) is 3.21. The molecule has 0 bridgehead atoms. The van der Waals surface area contributed by atoms with Gasteiger partial charge in [0.25, 0.3) is 0 Å². The molecule has 0 aromatic carbocycles. The van der Waals surface area contributed by atoms with Gasteiger partial charge in [0.05, 0.1) is 25.4 Å². The normalized spacial score (nSPS) is 25.5. The first-order valence-electron chi connectivity index (χ1n) is 6.98. The maximum absolute atomic E-state index is 12.4. The number of urea groups is 1. The van der Waals surface area contributed by atoms with Crippen molar-refractivity contribution in [2.45, 2.75) is 37.3 Å². The molecule has 1 aliphatic heterocycles. The first kappa shape index (κ1) is 15.1. The lowest BCUT2D eigenvalue weighted by Crippen LogP contribution is -2.57. The summed E-state index contributed by atoms with van der Waals surface area (Å²) >= 11 is 0. The Hall–Kier alpha value is -1.34. The molecule has 0 aromatic heterocycles. The monoisotopic (exact) mass is 286 g/mol. The number of rotatable bonds is 3. The standard InChI is InChI=1S/C13H22N2O5/c1-14(9-13(19)4-2-3-5-13)12(18)15-6-7-20-8-10(15)11(16)17/h10,19H,2-9H2,1H3,(H,16,17). The molecule has 1 aliphatic carbocycles. The van der Waals surface area contributed by atoms with Gasteiger partial charge in [-0.3, -0.25) is 0 Å². The minimum absolute atomic E-state index is 0.0131. The van der Waals surface area contributed by atoms with E-state index in [-0.39, 0.29) is 25.7 Å². The molecular formula is C13H22N2O5. The third-order valence-electron chi connectivity index (χ3n) is 4.05. The van der Waals surface area contributed by atoms with E-state index in [1.165, 1.54) is 9.80 Å². The molecule has 7 heteroatoms. The lowest BCUT2D eigenvalue weighted by Gasteiger charge is -2.37. The molecule has 20 heavy (non-hydrogen) atoms. The number of amides is 2. The second-order valence-corrected chi connectivity index (χ2v) is 5.69. The van der Waals surface area contributed by atoms with Crippen LogP contribution < -0.4 is 0 Å². The number of hydrogen-bond acceptors (Lipinski definition) is 4. The van der Waals surface area contributed by atoms with Crippen LogP contribution in [0.5, 0.6) is 0 Å². The van der Waals surface area contributed by atoms with Crippen LogP contribution in [0, 0.1) is 0 Å². The Morgan fingerprint density at radius 3 is 2.65 bits per heavy atom. The van der Waals surface area contributed by atoms with Crippen LogP contribution in [-0.4, -0.2) is 77.0 Å². The topological polar surface area (TPSA) is 90.3 Å². The van der Waals surface area contributed by atoms with Crippen LogP contribution in [0.1, 0.15) is 25.7 Å². The Kier molecular flexibility index (Phi) is 4.49. The van der Waals surface area contributed by atoms with Crippen LogP contribution in [0.4, 0.5) is 4.79 Å². The number of carbonyl (C=O) groups is 2. The number of morpholine rings is 1. The molecule has 2 amide bonds. The van der Waals surface area contributed by atoms with E-state index in [0.717, 1.165) is 12.8 Å². The number of carbonyl (C=O) groups excluding carboxylic acids is 1. The molecule has 1 heterocycles. The smallest absolute Gasteiger partial charge is 0.328 e. The third-order valence-corrected chi connectivity index (χ3v) is 4.05. The number of ether oxygens (including phenoxy) is 1. The van der Waals surface area contributed by atoms with Gasteiger partial charge < -0.3 is 24.7 Å². The van der Waals surface area contributed by atoms with Crippen molar-refractivity contribution in [1.82, 2.24) is 9.80 Å². The summed E-state index contributed by atoms with van der Waals surface area (Å²) in [4.78, 5) is 26.3. The molecule has 2 fully saturated rings. The number of aliphatic hydroxyl groups is 1. The molecule has 1 saturated carbocycles. The number of nitrogens with zero attached hydrogens (tertiary/aromatic N) is 2. The maximum Gasteiger partial charge on any atom is 0.328 e. The molecule has 1 saturated heterocycles. The van der Waals surface area contributed by atoms with Crippen molar-refractivity contribution in [1.29, 1.82) is 0 Å². The number of likely N-dealkylation sites (N-methyl/N-ethyl adjacent to an activating group) is 1. The number of carboxylic acid groups (broad SMARTS) is 1. The molecule has 1 atom stereocenters. The molecule has 7 nitrogen and oxygen atoms in total. The van der Waals surface area contributed by atoms with Gasteiger partial charge in [-0.25, -0.2) is 9.59 Å². The van der Waals surface area contributed by atoms with Gasteiger partial charge in [-0.05, 0) is 12.8 Å². The second-order valence-electron chi connectivity index (χ2n) is 5.69. The van der Waals surface area contributed by atoms with E-state index in [2.05, 4.69) is 0 Å². The van der Waals surface area contributed by atoms with Crippen molar-refractivity contribution in [3.8, 4) is 0 Å². The van der Waals surface area contributed by atoms with Crippen molar-refractivity contribution in [3.05, 3.63) is 0 Å². The first-order valence-corrected chi connectivity index (χ1v) is 6.98. The summed E-state index contributed by atoms with van der Waals surface area (Å²) in [5, 5.41) is 19.5. The van der Waals surface area contributed by atoms with E-state index < -0.39 is 17.6 Å².